The highest BCUT2D eigenvalue weighted by atomic mass is 19.1. The minimum atomic E-state index is -1.02. The molecule has 3 rings (SSSR count). The number of hydrogen-bond donors (Lipinski definition) is 0. The molecular weight excluding hydrogens is 321 g/mol. The van der Waals surface area contributed by atoms with Gasteiger partial charge in [-0.25, -0.2) is 4.39 Å². The number of aryl methyl sites for hydroxylation is 1. The number of benzene rings is 2. The van der Waals surface area contributed by atoms with Crippen LogP contribution in [0.2, 0.25) is 0 Å². The van der Waals surface area contributed by atoms with Crippen molar-refractivity contribution in [3.8, 4) is 0 Å². The van der Waals surface area contributed by atoms with E-state index in [1.54, 1.807) is 0 Å². The first kappa shape index (κ1) is 19.1. The van der Waals surface area contributed by atoms with E-state index < -0.39 is 5.67 Å². The van der Waals surface area contributed by atoms with Crippen molar-refractivity contribution in [2.75, 3.05) is 6.54 Å². The third-order valence-electron chi connectivity index (χ3n) is 5.74. The molecule has 0 aliphatic heterocycles. The fourth-order valence-corrected chi connectivity index (χ4v) is 3.80. The van der Waals surface area contributed by atoms with E-state index in [1.807, 2.05) is 12.1 Å². The van der Waals surface area contributed by atoms with Crippen molar-refractivity contribution < 1.29 is 4.39 Å². The van der Waals surface area contributed by atoms with Gasteiger partial charge in [-0.1, -0.05) is 54.6 Å². The van der Waals surface area contributed by atoms with Crippen LogP contribution in [0.15, 0.2) is 54.6 Å². The van der Waals surface area contributed by atoms with Crippen molar-refractivity contribution in [3.63, 3.8) is 0 Å². The summed E-state index contributed by atoms with van der Waals surface area (Å²) in [7, 11) is 0. The molecule has 26 heavy (non-hydrogen) atoms. The van der Waals surface area contributed by atoms with E-state index in [9.17, 15) is 4.39 Å². The third-order valence-corrected chi connectivity index (χ3v) is 5.74. The number of hydrogen-bond acceptors (Lipinski definition) is 1. The van der Waals surface area contributed by atoms with Crippen molar-refractivity contribution >= 4 is 0 Å². The van der Waals surface area contributed by atoms with Crippen LogP contribution in [0.4, 0.5) is 4.39 Å². The van der Waals surface area contributed by atoms with Gasteiger partial charge in [0.2, 0.25) is 0 Å². The van der Waals surface area contributed by atoms with E-state index in [0.717, 1.165) is 31.4 Å². The Morgan fingerprint density at radius 1 is 0.885 bits per heavy atom. The Morgan fingerprint density at radius 3 is 2.08 bits per heavy atom. The highest BCUT2D eigenvalue weighted by molar-refractivity contribution is 5.31. The summed E-state index contributed by atoms with van der Waals surface area (Å²) in [5.74, 6) is 0. The van der Waals surface area contributed by atoms with Crippen LogP contribution >= 0.6 is 0 Å². The average Bonchev–Trinajstić information content (AvgIpc) is 3.40. The topological polar surface area (TPSA) is 3.24 Å². The molecule has 1 aliphatic rings. The zero-order valence-corrected chi connectivity index (χ0v) is 16.4. The molecule has 0 heterocycles. The summed E-state index contributed by atoms with van der Waals surface area (Å²) in [6, 6.07) is 20.0. The molecule has 0 spiro atoms. The Labute approximate surface area is 158 Å². The van der Waals surface area contributed by atoms with Gasteiger partial charge in [-0.15, -0.1) is 0 Å². The predicted molar refractivity (Wildman–Crippen MR) is 108 cm³/mol. The lowest BCUT2D eigenvalue weighted by atomic mass is 10.0. The SMILES string of the molecule is CC(C)N(CCc1ccccc1)C(C)CCc1ccc(C2(F)CC2)cc1. The maximum atomic E-state index is 14.1. The summed E-state index contributed by atoms with van der Waals surface area (Å²) in [6.45, 7) is 7.99. The van der Waals surface area contributed by atoms with E-state index in [4.69, 9.17) is 0 Å². The smallest absolute Gasteiger partial charge is 0.136 e. The second-order valence-electron chi connectivity index (χ2n) is 8.12. The standard InChI is InChI=1S/C24H32FN/c1-19(2)26(18-15-21-7-5-4-6-8-21)20(3)9-10-22-11-13-23(14-12-22)24(25)16-17-24/h4-8,11-14,19-20H,9-10,15-18H2,1-3H3. The van der Waals surface area contributed by atoms with Crippen LogP contribution in [0.5, 0.6) is 0 Å². The van der Waals surface area contributed by atoms with E-state index in [0.29, 0.717) is 24.9 Å². The van der Waals surface area contributed by atoms with Crippen LogP contribution in [0.3, 0.4) is 0 Å². The maximum absolute atomic E-state index is 14.1. The van der Waals surface area contributed by atoms with Gasteiger partial charge in [0, 0.05) is 18.6 Å². The average molecular weight is 354 g/mol. The zero-order valence-electron chi connectivity index (χ0n) is 16.4. The minimum Gasteiger partial charge on any atom is -0.298 e. The summed E-state index contributed by atoms with van der Waals surface area (Å²) in [4.78, 5) is 2.60. The Balaban J connectivity index is 1.51. The van der Waals surface area contributed by atoms with Crippen LogP contribution in [-0.4, -0.2) is 23.5 Å². The van der Waals surface area contributed by atoms with Gasteiger partial charge in [-0.2, -0.15) is 0 Å². The molecule has 1 saturated carbocycles. The largest absolute Gasteiger partial charge is 0.298 e. The highest BCUT2D eigenvalue weighted by Gasteiger charge is 2.44. The Hall–Kier alpha value is -1.67. The molecule has 1 nitrogen and oxygen atoms in total. The van der Waals surface area contributed by atoms with Crippen molar-refractivity contribution in [2.24, 2.45) is 0 Å². The normalized spacial score (nSPS) is 16.8. The lowest BCUT2D eigenvalue weighted by Gasteiger charge is -2.33. The first-order valence-electron chi connectivity index (χ1n) is 10.1. The predicted octanol–water partition coefficient (Wildman–Crippen LogP) is 5.92. The molecule has 0 aromatic heterocycles. The van der Waals surface area contributed by atoms with E-state index >= 15 is 0 Å². The summed E-state index contributed by atoms with van der Waals surface area (Å²) < 4.78 is 14.1. The number of nitrogens with zero attached hydrogens (tertiary/aromatic N) is 1. The van der Waals surface area contributed by atoms with Gasteiger partial charge < -0.3 is 0 Å². The molecule has 0 N–H and O–H groups in total. The second kappa shape index (κ2) is 8.35. The summed E-state index contributed by atoms with van der Waals surface area (Å²) in [6.07, 6.45) is 4.65. The number of halogens is 1. The van der Waals surface area contributed by atoms with Gasteiger partial charge in [0.1, 0.15) is 5.67 Å². The Morgan fingerprint density at radius 2 is 1.50 bits per heavy atom. The first-order valence-corrected chi connectivity index (χ1v) is 10.1. The van der Waals surface area contributed by atoms with Crippen molar-refractivity contribution in [1.82, 2.24) is 4.90 Å². The molecule has 0 amide bonds. The molecule has 2 aromatic carbocycles. The molecule has 1 fully saturated rings. The molecule has 2 aromatic rings. The third kappa shape index (κ3) is 4.94. The zero-order chi connectivity index (χ0) is 18.6. The Bertz CT molecular complexity index is 673. The second-order valence-corrected chi connectivity index (χ2v) is 8.12. The quantitative estimate of drug-likeness (QED) is 0.541. The van der Waals surface area contributed by atoms with Gasteiger partial charge in [-0.05, 0) is 69.6 Å². The molecule has 1 aliphatic carbocycles. The Kier molecular flexibility index (Phi) is 6.13. The maximum Gasteiger partial charge on any atom is 0.136 e. The summed E-state index contributed by atoms with van der Waals surface area (Å²) in [5, 5.41) is 0. The molecular formula is C24H32FN. The highest BCUT2D eigenvalue weighted by Crippen LogP contribution is 2.49. The fraction of sp³-hybridized carbons (Fsp3) is 0.500. The van der Waals surface area contributed by atoms with E-state index in [1.165, 1.54) is 11.1 Å². The monoisotopic (exact) mass is 353 g/mol. The summed E-state index contributed by atoms with van der Waals surface area (Å²) >= 11 is 0. The fourth-order valence-electron chi connectivity index (χ4n) is 3.80. The first-order chi connectivity index (χ1) is 12.5. The van der Waals surface area contributed by atoms with Crippen LogP contribution in [-0.2, 0) is 18.5 Å². The molecule has 0 bridgehead atoms. The lowest BCUT2D eigenvalue weighted by Crippen LogP contribution is -2.40. The van der Waals surface area contributed by atoms with E-state index in [-0.39, 0.29) is 0 Å². The minimum absolute atomic E-state index is 0.536. The van der Waals surface area contributed by atoms with Crippen molar-refractivity contribution in [2.45, 2.75) is 70.6 Å². The number of alkyl halides is 1. The van der Waals surface area contributed by atoms with Gasteiger partial charge in [0.05, 0.1) is 0 Å². The van der Waals surface area contributed by atoms with Gasteiger partial charge in [0.25, 0.3) is 0 Å². The molecule has 0 radical (unpaired) electrons. The van der Waals surface area contributed by atoms with Crippen LogP contribution in [0.25, 0.3) is 0 Å². The molecule has 1 unspecified atom stereocenters. The van der Waals surface area contributed by atoms with Gasteiger partial charge in [-0.3, -0.25) is 4.90 Å². The molecule has 2 heteroatoms. The van der Waals surface area contributed by atoms with Crippen LogP contribution < -0.4 is 0 Å². The molecule has 0 saturated heterocycles. The van der Waals surface area contributed by atoms with E-state index in [2.05, 4.69) is 68.1 Å². The number of rotatable bonds is 9. The van der Waals surface area contributed by atoms with Crippen LogP contribution in [0.1, 0.15) is 56.7 Å². The van der Waals surface area contributed by atoms with Gasteiger partial charge >= 0.3 is 0 Å². The van der Waals surface area contributed by atoms with Crippen LogP contribution in [0, 0.1) is 0 Å². The van der Waals surface area contributed by atoms with Gasteiger partial charge in [0.15, 0.2) is 0 Å². The molecule has 1 atom stereocenters. The summed E-state index contributed by atoms with van der Waals surface area (Å²) in [5.41, 5.74) is 2.57. The van der Waals surface area contributed by atoms with Crippen molar-refractivity contribution in [1.29, 1.82) is 0 Å². The van der Waals surface area contributed by atoms with Crippen molar-refractivity contribution in [3.05, 3.63) is 71.3 Å². The lowest BCUT2D eigenvalue weighted by molar-refractivity contribution is 0.158. The molecule has 140 valence electrons.